The van der Waals surface area contributed by atoms with E-state index in [1.54, 1.807) is 29.6 Å². The Labute approximate surface area is 187 Å². The van der Waals surface area contributed by atoms with Crippen LogP contribution in [0.3, 0.4) is 0 Å². The fourth-order valence-corrected chi connectivity index (χ4v) is 5.25. The molecule has 8 heteroatoms. The van der Waals surface area contributed by atoms with Crippen LogP contribution in [0, 0.1) is 11.3 Å². The molecule has 1 aromatic heterocycles. The summed E-state index contributed by atoms with van der Waals surface area (Å²) in [5.74, 6) is 0.134. The third-order valence-electron chi connectivity index (χ3n) is 5.75. The number of piperidine rings is 1. The molecule has 1 N–H and O–H groups in total. The molecule has 1 aliphatic heterocycles. The summed E-state index contributed by atoms with van der Waals surface area (Å²) < 4.78 is 25.9. The van der Waals surface area contributed by atoms with Gasteiger partial charge in [0, 0.05) is 42.6 Å². The number of benzene rings is 2. The number of halogens is 1. The van der Waals surface area contributed by atoms with Crippen molar-refractivity contribution >= 4 is 38.1 Å². The third kappa shape index (κ3) is 4.52. The van der Waals surface area contributed by atoms with E-state index in [4.69, 9.17) is 11.6 Å². The highest BCUT2D eigenvalue weighted by atomic mass is 35.5. The van der Waals surface area contributed by atoms with Crippen LogP contribution in [-0.4, -0.2) is 42.6 Å². The van der Waals surface area contributed by atoms with E-state index in [1.165, 1.54) is 0 Å². The van der Waals surface area contributed by atoms with Gasteiger partial charge in [-0.15, -0.1) is 0 Å². The minimum Gasteiger partial charge on any atom is -0.382 e. The van der Waals surface area contributed by atoms with Crippen molar-refractivity contribution in [1.82, 2.24) is 9.29 Å². The Morgan fingerprint density at radius 1 is 1.19 bits per heavy atom. The molecule has 0 aliphatic carbocycles. The van der Waals surface area contributed by atoms with Gasteiger partial charge in [-0.1, -0.05) is 17.7 Å². The predicted molar refractivity (Wildman–Crippen MR) is 125 cm³/mol. The average molecular weight is 455 g/mol. The molecule has 2 heterocycles. The van der Waals surface area contributed by atoms with Gasteiger partial charge in [-0.2, -0.15) is 5.26 Å². The molecule has 0 unspecified atom stereocenters. The first-order valence-electron chi connectivity index (χ1n) is 10.2. The summed E-state index contributed by atoms with van der Waals surface area (Å²) in [6, 6.07) is 13.8. The molecule has 3 aromatic rings. The molecule has 0 spiro atoms. The van der Waals surface area contributed by atoms with E-state index in [2.05, 4.69) is 28.5 Å². The summed E-state index contributed by atoms with van der Waals surface area (Å²) >= 11 is 6.10. The Morgan fingerprint density at radius 2 is 1.97 bits per heavy atom. The first-order valence-corrected chi connectivity index (χ1v) is 12.2. The number of sulfonamides is 1. The Morgan fingerprint density at radius 3 is 2.68 bits per heavy atom. The second-order valence-corrected chi connectivity index (χ2v) is 10.3. The number of fused-ring (bicyclic) bond motifs is 1. The second kappa shape index (κ2) is 8.83. The first kappa shape index (κ1) is 21.6. The molecular weight excluding hydrogens is 432 g/mol. The van der Waals surface area contributed by atoms with Crippen LogP contribution >= 0.6 is 11.6 Å². The lowest BCUT2D eigenvalue weighted by atomic mass is 9.98. The molecule has 0 amide bonds. The van der Waals surface area contributed by atoms with E-state index in [9.17, 15) is 13.7 Å². The van der Waals surface area contributed by atoms with E-state index in [1.807, 2.05) is 18.3 Å². The van der Waals surface area contributed by atoms with Crippen LogP contribution in [0.1, 0.15) is 25.3 Å². The van der Waals surface area contributed by atoms with Crippen molar-refractivity contribution in [3.63, 3.8) is 0 Å². The van der Waals surface area contributed by atoms with Gasteiger partial charge in [0.05, 0.1) is 16.3 Å². The minimum atomic E-state index is -3.15. The fraction of sp³-hybridized carbons (Fsp3) is 0.304. The van der Waals surface area contributed by atoms with Crippen molar-refractivity contribution in [1.29, 1.82) is 5.26 Å². The van der Waals surface area contributed by atoms with Crippen molar-refractivity contribution in [3.8, 4) is 17.2 Å². The Balaban J connectivity index is 1.65. The number of pyridine rings is 1. The third-order valence-corrected chi connectivity index (χ3v) is 7.96. The van der Waals surface area contributed by atoms with E-state index >= 15 is 0 Å². The predicted octanol–water partition coefficient (Wildman–Crippen LogP) is 4.65. The fourth-order valence-electron chi connectivity index (χ4n) is 3.96. The first-order chi connectivity index (χ1) is 14.9. The van der Waals surface area contributed by atoms with Gasteiger partial charge in [0.15, 0.2) is 0 Å². The Hall–Kier alpha value is -2.66. The highest BCUT2D eigenvalue weighted by molar-refractivity contribution is 7.89. The van der Waals surface area contributed by atoms with Crippen LogP contribution in [0.4, 0.5) is 5.69 Å². The molecule has 0 atom stereocenters. The molecule has 0 radical (unpaired) electrons. The number of anilines is 1. The molecule has 6 nitrogen and oxygen atoms in total. The van der Waals surface area contributed by atoms with Crippen molar-refractivity contribution in [3.05, 3.63) is 59.4 Å². The number of nitrogens with zero attached hydrogens (tertiary/aromatic N) is 3. The van der Waals surface area contributed by atoms with Crippen LogP contribution in [0.5, 0.6) is 0 Å². The van der Waals surface area contributed by atoms with E-state index < -0.39 is 10.0 Å². The Bertz CT molecular complexity index is 1260. The zero-order chi connectivity index (χ0) is 22.0. The van der Waals surface area contributed by atoms with Crippen molar-refractivity contribution < 1.29 is 8.42 Å². The molecule has 2 aromatic carbocycles. The summed E-state index contributed by atoms with van der Waals surface area (Å²) in [7, 11) is -3.15. The number of nitriles is 1. The van der Waals surface area contributed by atoms with E-state index in [0.29, 0.717) is 23.7 Å². The summed E-state index contributed by atoms with van der Waals surface area (Å²) in [5, 5.41) is 15.4. The van der Waals surface area contributed by atoms with Crippen LogP contribution in [0.15, 0.2) is 48.8 Å². The van der Waals surface area contributed by atoms with Gasteiger partial charge in [0.25, 0.3) is 0 Å². The molecule has 4 rings (SSSR count). The molecule has 1 fully saturated rings. The zero-order valence-corrected chi connectivity index (χ0v) is 18.7. The summed E-state index contributed by atoms with van der Waals surface area (Å²) in [5.41, 5.74) is 3.27. The maximum Gasteiger partial charge on any atom is 0.213 e. The topological polar surface area (TPSA) is 86.1 Å². The number of hydrogen-bond donors (Lipinski definition) is 1. The van der Waals surface area contributed by atoms with Gasteiger partial charge in [0.1, 0.15) is 6.07 Å². The van der Waals surface area contributed by atoms with Crippen LogP contribution < -0.4 is 5.32 Å². The molecule has 0 bridgehead atoms. The molecule has 31 heavy (non-hydrogen) atoms. The average Bonchev–Trinajstić information content (AvgIpc) is 2.79. The van der Waals surface area contributed by atoms with Crippen molar-refractivity contribution in [2.24, 2.45) is 0 Å². The maximum absolute atomic E-state index is 12.1. The summed E-state index contributed by atoms with van der Waals surface area (Å²) in [6.07, 6.45) is 5.07. The number of hydrogen-bond acceptors (Lipinski definition) is 5. The zero-order valence-electron chi connectivity index (χ0n) is 17.2. The minimum absolute atomic E-state index is 0.134. The quantitative estimate of drug-likeness (QED) is 0.606. The lowest BCUT2D eigenvalue weighted by molar-refractivity contribution is 0.330. The van der Waals surface area contributed by atoms with Gasteiger partial charge in [-0.3, -0.25) is 4.98 Å². The number of nitrogens with one attached hydrogen (secondary N) is 1. The molecule has 1 saturated heterocycles. The van der Waals surface area contributed by atoms with E-state index in [0.717, 1.165) is 40.4 Å². The maximum atomic E-state index is 12.1. The van der Waals surface area contributed by atoms with Gasteiger partial charge in [-0.25, -0.2) is 12.7 Å². The molecule has 160 valence electrons. The molecular formula is C23H23ClN4O2S. The summed E-state index contributed by atoms with van der Waals surface area (Å²) in [6.45, 7) is 2.72. The highest BCUT2D eigenvalue weighted by Crippen LogP contribution is 2.33. The van der Waals surface area contributed by atoms with Gasteiger partial charge >= 0.3 is 0 Å². The Kier molecular flexibility index (Phi) is 6.15. The SMILES string of the molecule is CCS(=O)(=O)N1CCC(Nc2cc(-c3ccc(Cl)c(C#N)c3)cc3ccncc23)CC1. The second-order valence-electron chi connectivity index (χ2n) is 7.65. The summed E-state index contributed by atoms with van der Waals surface area (Å²) in [4.78, 5) is 4.28. The smallest absolute Gasteiger partial charge is 0.213 e. The van der Waals surface area contributed by atoms with Gasteiger partial charge in [0.2, 0.25) is 10.0 Å². The lowest BCUT2D eigenvalue weighted by Crippen LogP contribution is -2.42. The largest absolute Gasteiger partial charge is 0.382 e. The highest BCUT2D eigenvalue weighted by Gasteiger charge is 2.27. The molecule has 1 aliphatic rings. The van der Waals surface area contributed by atoms with Gasteiger partial charge < -0.3 is 5.32 Å². The lowest BCUT2D eigenvalue weighted by Gasteiger charge is -2.32. The van der Waals surface area contributed by atoms with Crippen molar-refractivity contribution in [2.45, 2.75) is 25.8 Å². The monoisotopic (exact) mass is 454 g/mol. The van der Waals surface area contributed by atoms with Crippen LogP contribution in [0.2, 0.25) is 5.02 Å². The van der Waals surface area contributed by atoms with Crippen LogP contribution in [0.25, 0.3) is 21.9 Å². The van der Waals surface area contributed by atoms with Gasteiger partial charge in [-0.05, 0) is 66.6 Å². The standard InChI is InChI=1S/C23H23ClN4O2S/c1-2-31(29,30)28-9-6-20(7-10-28)27-23-13-18(12-17-5-8-26-15-21(17)23)16-3-4-22(24)19(11-16)14-25/h3-5,8,11-13,15,20,27H,2,6-7,9-10H2,1H3. The van der Waals surface area contributed by atoms with Crippen LogP contribution in [-0.2, 0) is 10.0 Å². The molecule has 0 saturated carbocycles. The number of aromatic nitrogens is 1. The van der Waals surface area contributed by atoms with Crippen molar-refractivity contribution in [2.75, 3.05) is 24.2 Å². The normalized spacial score (nSPS) is 15.6. The van der Waals surface area contributed by atoms with E-state index in [-0.39, 0.29) is 11.8 Å². The number of rotatable bonds is 5.